The van der Waals surface area contributed by atoms with Gasteiger partial charge >= 0.3 is 0 Å². The SMILES string of the molecule is Cc1cc(C)c(S(=O)(=O)NCc2ccccc2)cc1CN. The highest BCUT2D eigenvalue weighted by molar-refractivity contribution is 7.89. The van der Waals surface area contributed by atoms with Crippen LogP contribution in [0.4, 0.5) is 0 Å². The number of sulfonamides is 1. The van der Waals surface area contributed by atoms with E-state index in [0.29, 0.717) is 11.4 Å². The number of nitrogens with two attached hydrogens (primary N) is 1. The average Bonchev–Trinajstić information content (AvgIpc) is 2.46. The van der Waals surface area contributed by atoms with Gasteiger partial charge in [0.15, 0.2) is 0 Å². The maximum Gasteiger partial charge on any atom is 0.241 e. The van der Waals surface area contributed by atoms with Crippen molar-refractivity contribution < 1.29 is 8.42 Å². The molecular weight excluding hydrogens is 284 g/mol. The first-order valence-corrected chi connectivity index (χ1v) is 8.26. The second kappa shape index (κ2) is 6.39. The lowest BCUT2D eigenvalue weighted by Gasteiger charge is -2.13. The highest BCUT2D eigenvalue weighted by Gasteiger charge is 2.18. The molecule has 0 aliphatic rings. The predicted octanol–water partition coefficient (Wildman–Crippen LogP) is 2.24. The highest BCUT2D eigenvalue weighted by Crippen LogP contribution is 2.20. The Morgan fingerprint density at radius 1 is 1.05 bits per heavy atom. The molecule has 112 valence electrons. The van der Waals surface area contributed by atoms with Crippen LogP contribution in [0.2, 0.25) is 0 Å². The smallest absolute Gasteiger partial charge is 0.241 e. The lowest BCUT2D eigenvalue weighted by Crippen LogP contribution is -2.24. The van der Waals surface area contributed by atoms with Gasteiger partial charge in [0.1, 0.15) is 0 Å². The second-order valence-corrected chi connectivity index (χ2v) is 6.79. The van der Waals surface area contributed by atoms with E-state index in [0.717, 1.165) is 22.3 Å². The Balaban J connectivity index is 2.27. The molecule has 0 saturated heterocycles. The molecule has 2 rings (SSSR count). The van der Waals surface area contributed by atoms with Crippen molar-refractivity contribution in [1.82, 2.24) is 4.72 Å². The molecule has 2 aromatic rings. The maximum atomic E-state index is 12.5. The van der Waals surface area contributed by atoms with Crippen molar-refractivity contribution in [2.45, 2.75) is 31.8 Å². The van der Waals surface area contributed by atoms with Crippen molar-refractivity contribution >= 4 is 10.0 Å². The van der Waals surface area contributed by atoms with Gasteiger partial charge in [-0.1, -0.05) is 36.4 Å². The van der Waals surface area contributed by atoms with Crippen LogP contribution in [0.25, 0.3) is 0 Å². The minimum atomic E-state index is -3.54. The molecule has 0 aromatic heterocycles. The van der Waals surface area contributed by atoms with Crippen LogP contribution in [-0.2, 0) is 23.1 Å². The summed E-state index contributed by atoms with van der Waals surface area (Å²) < 4.78 is 27.5. The topological polar surface area (TPSA) is 72.2 Å². The van der Waals surface area contributed by atoms with Gasteiger partial charge in [-0.15, -0.1) is 0 Å². The third kappa shape index (κ3) is 3.69. The summed E-state index contributed by atoms with van der Waals surface area (Å²) in [5, 5.41) is 0. The van der Waals surface area contributed by atoms with E-state index in [1.54, 1.807) is 13.0 Å². The summed E-state index contributed by atoms with van der Waals surface area (Å²) in [7, 11) is -3.54. The molecule has 0 unspecified atom stereocenters. The summed E-state index contributed by atoms with van der Waals surface area (Å²) >= 11 is 0. The Morgan fingerprint density at radius 2 is 1.71 bits per heavy atom. The van der Waals surface area contributed by atoms with E-state index in [4.69, 9.17) is 5.73 Å². The van der Waals surface area contributed by atoms with Gasteiger partial charge in [-0.05, 0) is 42.2 Å². The fraction of sp³-hybridized carbons (Fsp3) is 0.250. The fourth-order valence-electron chi connectivity index (χ4n) is 2.24. The summed E-state index contributed by atoms with van der Waals surface area (Å²) in [6.45, 7) is 4.33. The lowest BCUT2D eigenvalue weighted by molar-refractivity contribution is 0.580. The molecule has 0 fully saturated rings. The first-order chi connectivity index (χ1) is 9.94. The molecule has 5 heteroatoms. The van der Waals surface area contributed by atoms with Crippen LogP contribution < -0.4 is 10.5 Å². The highest BCUT2D eigenvalue weighted by atomic mass is 32.2. The van der Waals surface area contributed by atoms with E-state index in [2.05, 4.69) is 4.72 Å². The monoisotopic (exact) mass is 304 g/mol. The number of hydrogen-bond donors (Lipinski definition) is 2. The van der Waals surface area contributed by atoms with Crippen molar-refractivity contribution in [1.29, 1.82) is 0 Å². The second-order valence-electron chi connectivity index (χ2n) is 5.06. The molecule has 0 atom stereocenters. The van der Waals surface area contributed by atoms with Crippen molar-refractivity contribution in [2.24, 2.45) is 5.73 Å². The minimum absolute atomic E-state index is 0.272. The molecule has 2 aromatic carbocycles. The molecule has 0 amide bonds. The van der Waals surface area contributed by atoms with Gasteiger partial charge in [-0.25, -0.2) is 13.1 Å². The van der Waals surface area contributed by atoms with Crippen LogP contribution in [0, 0.1) is 13.8 Å². The fourth-order valence-corrected chi connectivity index (χ4v) is 3.53. The zero-order valence-corrected chi connectivity index (χ0v) is 13.1. The molecule has 21 heavy (non-hydrogen) atoms. The quantitative estimate of drug-likeness (QED) is 0.890. The van der Waals surface area contributed by atoms with E-state index >= 15 is 0 Å². The number of nitrogens with one attached hydrogen (secondary N) is 1. The third-order valence-electron chi connectivity index (χ3n) is 3.45. The van der Waals surface area contributed by atoms with E-state index in [-0.39, 0.29) is 6.54 Å². The largest absolute Gasteiger partial charge is 0.326 e. The number of aryl methyl sites for hydroxylation is 2. The molecule has 0 radical (unpaired) electrons. The van der Waals surface area contributed by atoms with Gasteiger partial charge in [-0.3, -0.25) is 0 Å². The molecule has 4 nitrogen and oxygen atoms in total. The van der Waals surface area contributed by atoms with Crippen LogP contribution >= 0.6 is 0 Å². The first kappa shape index (κ1) is 15.7. The molecule has 3 N–H and O–H groups in total. The molecule has 0 spiro atoms. The third-order valence-corrected chi connectivity index (χ3v) is 5.00. The Bertz CT molecular complexity index is 725. The minimum Gasteiger partial charge on any atom is -0.326 e. The summed E-state index contributed by atoms with van der Waals surface area (Å²) in [4.78, 5) is 0.296. The Labute approximate surface area is 126 Å². The van der Waals surface area contributed by atoms with Gasteiger partial charge in [-0.2, -0.15) is 0 Å². The number of rotatable bonds is 5. The zero-order chi connectivity index (χ0) is 15.5. The van der Waals surface area contributed by atoms with Crippen LogP contribution in [0.1, 0.15) is 22.3 Å². The van der Waals surface area contributed by atoms with E-state index in [9.17, 15) is 8.42 Å². The molecule has 0 heterocycles. The van der Waals surface area contributed by atoms with E-state index in [1.165, 1.54) is 0 Å². The molecule has 0 aliphatic carbocycles. The Kier molecular flexibility index (Phi) is 4.77. The van der Waals surface area contributed by atoms with Gasteiger partial charge in [0.05, 0.1) is 4.90 Å². The van der Waals surface area contributed by atoms with E-state index < -0.39 is 10.0 Å². The summed E-state index contributed by atoms with van der Waals surface area (Å²) in [6, 6.07) is 13.0. The van der Waals surface area contributed by atoms with Gasteiger partial charge in [0.2, 0.25) is 10.0 Å². The normalized spacial score (nSPS) is 11.6. The van der Waals surface area contributed by atoms with Crippen LogP contribution in [0.5, 0.6) is 0 Å². The molecule has 0 aliphatic heterocycles. The van der Waals surface area contributed by atoms with Gasteiger partial charge in [0.25, 0.3) is 0 Å². The summed E-state index contributed by atoms with van der Waals surface area (Å²) in [6.07, 6.45) is 0. The molecule has 0 saturated carbocycles. The molecular formula is C16H20N2O2S. The van der Waals surface area contributed by atoms with Crippen molar-refractivity contribution in [3.63, 3.8) is 0 Å². The predicted molar refractivity (Wildman–Crippen MR) is 84.3 cm³/mol. The standard InChI is InChI=1S/C16H20N2O2S/c1-12-8-13(2)16(9-15(12)10-17)21(19,20)18-11-14-6-4-3-5-7-14/h3-9,18H,10-11,17H2,1-2H3. The van der Waals surface area contributed by atoms with Crippen LogP contribution in [0.3, 0.4) is 0 Å². The lowest BCUT2D eigenvalue weighted by atomic mass is 10.1. The molecule has 0 bridgehead atoms. The van der Waals surface area contributed by atoms with Crippen molar-refractivity contribution in [3.05, 3.63) is 64.7 Å². The van der Waals surface area contributed by atoms with Gasteiger partial charge < -0.3 is 5.73 Å². The summed E-state index contributed by atoms with van der Waals surface area (Å²) in [5.41, 5.74) is 9.17. The Hall–Kier alpha value is -1.69. The first-order valence-electron chi connectivity index (χ1n) is 6.78. The number of benzene rings is 2. The summed E-state index contributed by atoms with van der Waals surface area (Å²) in [5.74, 6) is 0. The van der Waals surface area contributed by atoms with Crippen LogP contribution in [0.15, 0.2) is 47.4 Å². The number of hydrogen-bond acceptors (Lipinski definition) is 3. The average molecular weight is 304 g/mol. The van der Waals surface area contributed by atoms with Gasteiger partial charge in [0, 0.05) is 13.1 Å². The van der Waals surface area contributed by atoms with E-state index in [1.807, 2.05) is 43.3 Å². The van der Waals surface area contributed by atoms with Crippen molar-refractivity contribution in [2.75, 3.05) is 0 Å². The Morgan fingerprint density at radius 3 is 2.33 bits per heavy atom. The van der Waals surface area contributed by atoms with Crippen molar-refractivity contribution in [3.8, 4) is 0 Å². The zero-order valence-electron chi connectivity index (χ0n) is 12.3. The maximum absolute atomic E-state index is 12.5. The van der Waals surface area contributed by atoms with Crippen LogP contribution in [-0.4, -0.2) is 8.42 Å².